The summed E-state index contributed by atoms with van der Waals surface area (Å²) in [4.78, 5) is 12.0. The van der Waals surface area contributed by atoms with Gasteiger partial charge in [-0.2, -0.15) is 0 Å². The molecule has 1 aliphatic heterocycles. The van der Waals surface area contributed by atoms with Crippen molar-refractivity contribution >= 4 is 5.91 Å². The molecule has 86 valence electrons. The van der Waals surface area contributed by atoms with Crippen LogP contribution in [0.2, 0.25) is 0 Å². The van der Waals surface area contributed by atoms with E-state index in [9.17, 15) is 4.79 Å². The molecular formula is C11H20N2O2. The van der Waals surface area contributed by atoms with Crippen molar-refractivity contribution < 1.29 is 9.53 Å². The van der Waals surface area contributed by atoms with Crippen LogP contribution in [0.25, 0.3) is 0 Å². The Bertz CT molecular complexity index is 255. The summed E-state index contributed by atoms with van der Waals surface area (Å²) in [5.74, 6) is -0.0261. The fourth-order valence-electron chi connectivity index (χ4n) is 1.62. The first kappa shape index (κ1) is 12.2. The van der Waals surface area contributed by atoms with Gasteiger partial charge in [-0.3, -0.25) is 4.79 Å². The highest BCUT2D eigenvalue weighted by atomic mass is 16.5. The van der Waals surface area contributed by atoms with Gasteiger partial charge < -0.3 is 15.8 Å². The fourth-order valence-corrected chi connectivity index (χ4v) is 1.62. The molecule has 3 N–H and O–H groups in total. The van der Waals surface area contributed by atoms with Gasteiger partial charge in [0.25, 0.3) is 0 Å². The minimum atomic E-state index is -0.588. The van der Waals surface area contributed by atoms with Crippen molar-refractivity contribution in [2.75, 3.05) is 13.2 Å². The minimum absolute atomic E-state index is 0.0261. The summed E-state index contributed by atoms with van der Waals surface area (Å²) in [7, 11) is 0. The number of rotatable bonds is 4. The Morgan fingerprint density at radius 2 is 2.53 bits per heavy atom. The third-order valence-electron chi connectivity index (χ3n) is 2.93. The van der Waals surface area contributed by atoms with Crippen LogP contribution in [0, 0.1) is 5.41 Å². The number of carbonyl (C=O) groups is 1. The first-order valence-corrected chi connectivity index (χ1v) is 5.26. The van der Waals surface area contributed by atoms with Gasteiger partial charge >= 0.3 is 0 Å². The summed E-state index contributed by atoms with van der Waals surface area (Å²) < 4.78 is 5.23. The summed E-state index contributed by atoms with van der Waals surface area (Å²) in [6.07, 6.45) is 2.55. The topological polar surface area (TPSA) is 64.3 Å². The maximum absolute atomic E-state index is 12.0. The molecule has 15 heavy (non-hydrogen) atoms. The summed E-state index contributed by atoms with van der Waals surface area (Å²) in [6.45, 7) is 8.30. The fraction of sp³-hybridized carbons (Fsp3) is 0.727. The molecule has 0 saturated carbocycles. The van der Waals surface area contributed by atoms with Gasteiger partial charge in [0.05, 0.1) is 18.6 Å². The molecule has 1 fully saturated rings. The second-order valence-electron chi connectivity index (χ2n) is 4.44. The van der Waals surface area contributed by atoms with Crippen LogP contribution in [0.4, 0.5) is 0 Å². The summed E-state index contributed by atoms with van der Waals surface area (Å²) in [6, 6.07) is -0.118. The van der Waals surface area contributed by atoms with Gasteiger partial charge in [-0.05, 0) is 20.3 Å². The first-order chi connectivity index (χ1) is 7.00. The molecule has 0 radical (unpaired) electrons. The molecule has 0 aliphatic carbocycles. The maximum Gasteiger partial charge on any atom is 0.230 e. The molecule has 1 rings (SSSR count). The van der Waals surface area contributed by atoms with Crippen LogP contribution in [0.15, 0.2) is 12.7 Å². The number of nitrogens with two attached hydrogens (primary N) is 1. The number of amides is 1. The SMILES string of the molecule is C=CCC(C)NC(=O)C1(C)COCC1N. The van der Waals surface area contributed by atoms with Gasteiger partial charge in [0.15, 0.2) is 0 Å². The van der Waals surface area contributed by atoms with E-state index in [1.54, 1.807) is 6.08 Å². The van der Waals surface area contributed by atoms with Crippen molar-refractivity contribution in [3.8, 4) is 0 Å². The molecule has 3 unspecified atom stereocenters. The molecule has 0 aromatic rings. The van der Waals surface area contributed by atoms with Crippen molar-refractivity contribution in [1.29, 1.82) is 0 Å². The van der Waals surface area contributed by atoms with E-state index in [2.05, 4.69) is 11.9 Å². The van der Waals surface area contributed by atoms with E-state index >= 15 is 0 Å². The average molecular weight is 212 g/mol. The lowest BCUT2D eigenvalue weighted by Gasteiger charge is -2.27. The lowest BCUT2D eigenvalue weighted by Crippen LogP contribution is -2.51. The highest BCUT2D eigenvalue weighted by Crippen LogP contribution is 2.27. The van der Waals surface area contributed by atoms with E-state index in [0.717, 1.165) is 6.42 Å². The third-order valence-corrected chi connectivity index (χ3v) is 2.93. The van der Waals surface area contributed by atoms with E-state index in [0.29, 0.717) is 13.2 Å². The van der Waals surface area contributed by atoms with Crippen LogP contribution in [0.3, 0.4) is 0 Å². The van der Waals surface area contributed by atoms with E-state index in [1.807, 2.05) is 13.8 Å². The predicted octanol–water partition coefficient (Wildman–Crippen LogP) is 0.431. The highest BCUT2D eigenvalue weighted by Gasteiger charge is 2.44. The molecule has 1 saturated heterocycles. The lowest BCUT2D eigenvalue weighted by atomic mass is 9.84. The Labute approximate surface area is 90.9 Å². The van der Waals surface area contributed by atoms with Crippen LogP contribution >= 0.6 is 0 Å². The van der Waals surface area contributed by atoms with Gasteiger partial charge in [-0.15, -0.1) is 6.58 Å². The Hall–Kier alpha value is -0.870. The maximum atomic E-state index is 12.0. The molecule has 0 spiro atoms. The zero-order valence-corrected chi connectivity index (χ0v) is 9.45. The van der Waals surface area contributed by atoms with E-state index in [1.165, 1.54) is 0 Å². The molecule has 3 atom stereocenters. The molecule has 0 aromatic heterocycles. The molecule has 0 bridgehead atoms. The second kappa shape index (κ2) is 4.77. The predicted molar refractivity (Wildman–Crippen MR) is 59.3 cm³/mol. The zero-order valence-electron chi connectivity index (χ0n) is 9.45. The molecule has 0 aromatic carbocycles. The van der Waals surface area contributed by atoms with E-state index in [-0.39, 0.29) is 18.0 Å². The Morgan fingerprint density at radius 1 is 1.87 bits per heavy atom. The first-order valence-electron chi connectivity index (χ1n) is 5.26. The normalized spacial score (nSPS) is 32.3. The third kappa shape index (κ3) is 2.58. The molecular weight excluding hydrogens is 192 g/mol. The summed E-state index contributed by atoms with van der Waals surface area (Å²) >= 11 is 0. The monoisotopic (exact) mass is 212 g/mol. The van der Waals surface area contributed by atoms with Crippen molar-refractivity contribution in [2.45, 2.75) is 32.4 Å². The Morgan fingerprint density at radius 3 is 3.00 bits per heavy atom. The number of hydrogen-bond acceptors (Lipinski definition) is 3. The molecule has 4 nitrogen and oxygen atoms in total. The smallest absolute Gasteiger partial charge is 0.230 e. The van der Waals surface area contributed by atoms with Gasteiger partial charge in [0, 0.05) is 12.1 Å². The van der Waals surface area contributed by atoms with Gasteiger partial charge in [0.2, 0.25) is 5.91 Å². The van der Waals surface area contributed by atoms with Crippen LogP contribution in [-0.4, -0.2) is 31.2 Å². The van der Waals surface area contributed by atoms with Crippen molar-refractivity contribution in [3.63, 3.8) is 0 Å². The quantitative estimate of drug-likeness (QED) is 0.664. The Balaban J connectivity index is 2.56. The summed E-state index contributed by atoms with van der Waals surface area (Å²) in [5, 5.41) is 2.92. The number of nitrogens with one attached hydrogen (secondary N) is 1. The molecule has 1 heterocycles. The number of hydrogen-bond donors (Lipinski definition) is 2. The van der Waals surface area contributed by atoms with Crippen LogP contribution in [0.1, 0.15) is 20.3 Å². The number of ether oxygens (including phenoxy) is 1. The highest BCUT2D eigenvalue weighted by molar-refractivity contribution is 5.83. The average Bonchev–Trinajstić information content (AvgIpc) is 2.48. The van der Waals surface area contributed by atoms with Crippen LogP contribution < -0.4 is 11.1 Å². The largest absolute Gasteiger partial charge is 0.379 e. The van der Waals surface area contributed by atoms with Crippen LogP contribution in [0.5, 0.6) is 0 Å². The van der Waals surface area contributed by atoms with Crippen molar-refractivity contribution in [2.24, 2.45) is 11.1 Å². The summed E-state index contributed by atoms with van der Waals surface area (Å²) in [5.41, 5.74) is 5.27. The Kier molecular flexibility index (Phi) is 3.88. The van der Waals surface area contributed by atoms with E-state index in [4.69, 9.17) is 10.5 Å². The second-order valence-corrected chi connectivity index (χ2v) is 4.44. The van der Waals surface area contributed by atoms with Gasteiger partial charge in [-0.1, -0.05) is 6.08 Å². The molecule has 4 heteroatoms. The molecule has 1 aliphatic rings. The van der Waals surface area contributed by atoms with Gasteiger partial charge in [0.1, 0.15) is 0 Å². The van der Waals surface area contributed by atoms with Crippen molar-refractivity contribution in [3.05, 3.63) is 12.7 Å². The number of carbonyl (C=O) groups excluding carboxylic acids is 1. The van der Waals surface area contributed by atoms with Crippen molar-refractivity contribution in [1.82, 2.24) is 5.32 Å². The van der Waals surface area contributed by atoms with Crippen LogP contribution in [-0.2, 0) is 9.53 Å². The van der Waals surface area contributed by atoms with E-state index < -0.39 is 5.41 Å². The minimum Gasteiger partial charge on any atom is -0.379 e. The standard InChI is InChI=1S/C11H20N2O2/c1-4-5-8(2)13-10(14)11(3)7-15-6-9(11)12/h4,8-9H,1,5-7,12H2,2-3H3,(H,13,14). The molecule has 1 amide bonds. The lowest BCUT2D eigenvalue weighted by molar-refractivity contribution is -0.131. The zero-order chi connectivity index (χ0) is 11.5. The van der Waals surface area contributed by atoms with Gasteiger partial charge in [-0.25, -0.2) is 0 Å².